The monoisotopic (exact) mass is 361 g/mol. The number of carbonyl (C=O) groups excluding carboxylic acids is 1. The number of rotatable bonds is 5. The highest BCUT2D eigenvalue weighted by Crippen LogP contribution is 2.28. The van der Waals surface area contributed by atoms with Crippen LogP contribution in [0.1, 0.15) is 41.8 Å². The van der Waals surface area contributed by atoms with Gasteiger partial charge >= 0.3 is 0 Å². The summed E-state index contributed by atoms with van der Waals surface area (Å²) < 4.78 is 11.8. The second-order valence-electron chi connectivity index (χ2n) is 6.95. The van der Waals surface area contributed by atoms with Crippen molar-refractivity contribution < 1.29 is 13.9 Å². The molecule has 0 radical (unpaired) electrons. The molecule has 2 aromatic carbocycles. The molecule has 1 aliphatic rings. The van der Waals surface area contributed by atoms with E-state index in [0.29, 0.717) is 23.2 Å². The summed E-state index contributed by atoms with van der Waals surface area (Å²) in [4.78, 5) is 12.7. The maximum atomic E-state index is 12.7. The van der Waals surface area contributed by atoms with Gasteiger partial charge in [-0.25, -0.2) is 0 Å². The summed E-state index contributed by atoms with van der Waals surface area (Å²) in [6.45, 7) is 1.81. The fraction of sp³-hybridized carbons (Fsp3) is 0.261. The third-order valence-corrected chi connectivity index (χ3v) is 4.92. The zero-order valence-electron chi connectivity index (χ0n) is 15.4. The fourth-order valence-corrected chi connectivity index (χ4v) is 3.50. The summed E-state index contributed by atoms with van der Waals surface area (Å²) in [6.07, 6.45) is 4.95. The molecule has 0 bridgehead atoms. The summed E-state index contributed by atoms with van der Waals surface area (Å²) in [7, 11) is 0. The van der Waals surface area contributed by atoms with Crippen LogP contribution in [0.4, 0.5) is 5.69 Å². The number of hydrogen-bond acceptors (Lipinski definition) is 3. The molecule has 4 rings (SSSR count). The Balaban J connectivity index is 1.48. The fourth-order valence-electron chi connectivity index (χ4n) is 3.50. The standard InChI is InChI=1S/C23H23NO3/c1-16-21(15-22(26-16)17-8-3-2-4-9-17)23(25)24-18-10-7-13-20(14-18)27-19-11-5-6-12-19/h2-4,7-10,13-15,19H,5-6,11-12H2,1H3,(H,24,25). The van der Waals surface area contributed by atoms with Crippen molar-refractivity contribution in [1.82, 2.24) is 0 Å². The zero-order valence-corrected chi connectivity index (χ0v) is 15.4. The summed E-state index contributed by atoms with van der Waals surface area (Å²) in [6, 6.07) is 19.1. The Hall–Kier alpha value is -3.01. The van der Waals surface area contributed by atoms with Crippen LogP contribution in [0.25, 0.3) is 11.3 Å². The van der Waals surface area contributed by atoms with Crippen LogP contribution in [0, 0.1) is 6.92 Å². The molecule has 3 aromatic rings. The zero-order chi connectivity index (χ0) is 18.6. The van der Waals surface area contributed by atoms with Crippen LogP contribution in [0.5, 0.6) is 5.75 Å². The number of ether oxygens (including phenoxy) is 1. The van der Waals surface area contributed by atoms with Crippen LogP contribution >= 0.6 is 0 Å². The maximum Gasteiger partial charge on any atom is 0.259 e. The Morgan fingerprint density at radius 1 is 1.04 bits per heavy atom. The molecule has 0 unspecified atom stereocenters. The van der Waals surface area contributed by atoms with Gasteiger partial charge in [-0.3, -0.25) is 4.79 Å². The Morgan fingerprint density at radius 3 is 2.59 bits per heavy atom. The number of amides is 1. The third-order valence-electron chi connectivity index (χ3n) is 4.92. The number of carbonyl (C=O) groups is 1. The first-order valence-electron chi connectivity index (χ1n) is 9.43. The second-order valence-corrected chi connectivity index (χ2v) is 6.95. The van der Waals surface area contributed by atoms with Gasteiger partial charge in [0.1, 0.15) is 17.3 Å². The van der Waals surface area contributed by atoms with Crippen LogP contribution < -0.4 is 10.1 Å². The molecule has 1 aliphatic carbocycles. The molecule has 4 heteroatoms. The van der Waals surface area contributed by atoms with Crippen LogP contribution in [-0.4, -0.2) is 12.0 Å². The molecular formula is C23H23NO3. The van der Waals surface area contributed by atoms with Gasteiger partial charge in [0.15, 0.2) is 0 Å². The first-order valence-corrected chi connectivity index (χ1v) is 9.43. The first-order chi connectivity index (χ1) is 13.2. The number of nitrogens with one attached hydrogen (secondary N) is 1. The molecule has 1 aromatic heterocycles. The van der Waals surface area contributed by atoms with E-state index in [2.05, 4.69) is 5.32 Å². The normalized spacial score (nSPS) is 14.3. The number of benzene rings is 2. The minimum Gasteiger partial charge on any atom is -0.490 e. The molecular weight excluding hydrogens is 338 g/mol. The topological polar surface area (TPSA) is 51.5 Å². The molecule has 0 spiro atoms. The number of hydrogen-bond donors (Lipinski definition) is 1. The van der Waals surface area contributed by atoms with E-state index >= 15 is 0 Å². The largest absolute Gasteiger partial charge is 0.490 e. The van der Waals surface area contributed by atoms with Gasteiger partial charge in [-0.1, -0.05) is 36.4 Å². The van der Waals surface area contributed by atoms with Gasteiger partial charge in [0.05, 0.1) is 11.7 Å². The Kier molecular flexibility index (Phi) is 4.97. The summed E-state index contributed by atoms with van der Waals surface area (Å²) >= 11 is 0. The summed E-state index contributed by atoms with van der Waals surface area (Å²) in [5, 5.41) is 2.95. The van der Waals surface area contributed by atoms with Crippen molar-refractivity contribution in [2.75, 3.05) is 5.32 Å². The van der Waals surface area contributed by atoms with E-state index in [0.717, 1.165) is 29.8 Å². The lowest BCUT2D eigenvalue weighted by Crippen LogP contribution is -2.13. The van der Waals surface area contributed by atoms with Gasteiger partial charge in [-0.2, -0.15) is 0 Å². The summed E-state index contributed by atoms with van der Waals surface area (Å²) in [5.41, 5.74) is 2.21. The number of furan rings is 1. The maximum absolute atomic E-state index is 12.7. The molecule has 1 saturated carbocycles. The van der Waals surface area contributed by atoms with Gasteiger partial charge in [-0.15, -0.1) is 0 Å². The van der Waals surface area contributed by atoms with Gasteiger partial charge < -0.3 is 14.5 Å². The highest BCUT2D eigenvalue weighted by Gasteiger charge is 2.18. The van der Waals surface area contributed by atoms with Crippen LogP contribution in [-0.2, 0) is 0 Å². The lowest BCUT2D eigenvalue weighted by Gasteiger charge is -2.14. The molecule has 1 N–H and O–H groups in total. The summed E-state index contributed by atoms with van der Waals surface area (Å²) in [5.74, 6) is 1.91. The Labute approximate surface area is 159 Å². The lowest BCUT2D eigenvalue weighted by atomic mass is 10.1. The third kappa shape index (κ3) is 4.05. The molecule has 1 fully saturated rings. The van der Waals surface area contributed by atoms with Crippen molar-refractivity contribution in [3.63, 3.8) is 0 Å². The van der Waals surface area contributed by atoms with Gasteiger partial charge in [0, 0.05) is 17.3 Å². The van der Waals surface area contributed by atoms with E-state index in [1.54, 1.807) is 13.0 Å². The lowest BCUT2D eigenvalue weighted by molar-refractivity contribution is 0.102. The molecule has 1 heterocycles. The van der Waals surface area contributed by atoms with E-state index in [9.17, 15) is 4.79 Å². The average molecular weight is 361 g/mol. The van der Waals surface area contributed by atoms with Crippen molar-refractivity contribution in [1.29, 1.82) is 0 Å². The molecule has 1 amide bonds. The smallest absolute Gasteiger partial charge is 0.259 e. The molecule has 0 saturated heterocycles. The SMILES string of the molecule is Cc1oc(-c2ccccc2)cc1C(=O)Nc1cccc(OC2CCCC2)c1. The highest BCUT2D eigenvalue weighted by atomic mass is 16.5. The van der Waals surface area contributed by atoms with Crippen LogP contribution in [0.15, 0.2) is 65.1 Å². The molecule has 4 nitrogen and oxygen atoms in total. The van der Waals surface area contributed by atoms with Gasteiger partial charge in [-0.05, 0) is 50.8 Å². The van der Waals surface area contributed by atoms with Gasteiger partial charge in [0.2, 0.25) is 0 Å². The minimum absolute atomic E-state index is 0.184. The second kappa shape index (κ2) is 7.70. The Bertz CT molecular complexity index is 924. The van der Waals surface area contributed by atoms with Crippen LogP contribution in [0.2, 0.25) is 0 Å². The quantitative estimate of drug-likeness (QED) is 0.622. The van der Waals surface area contributed by atoms with E-state index in [4.69, 9.17) is 9.15 Å². The Morgan fingerprint density at radius 2 is 1.81 bits per heavy atom. The van der Waals surface area contributed by atoms with Crippen molar-refractivity contribution in [3.8, 4) is 17.1 Å². The molecule has 27 heavy (non-hydrogen) atoms. The average Bonchev–Trinajstić information content (AvgIpc) is 3.32. The predicted molar refractivity (Wildman–Crippen MR) is 106 cm³/mol. The highest BCUT2D eigenvalue weighted by molar-refractivity contribution is 6.05. The van der Waals surface area contributed by atoms with E-state index in [-0.39, 0.29) is 5.91 Å². The molecule has 0 aliphatic heterocycles. The van der Waals surface area contributed by atoms with Gasteiger partial charge in [0.25, 0.3) is 5.91 Å². The van der Waals surface area contributed by atoms with Crippen molar-refractivity contribution >= 4 is 11.6 Å². The van der Waals surface area contributed by atoms with Crippen molar-refractivity contribution in [2.45, 2.75) is 38.7 Å². The van der Waals surface area contributed by atoms with E-state index < -0.39 is 0 Å². The molecule has 138 valence electrons. The number of aryl methyl sites for hydroxylation is 1. The van der Waals surface area contributed by atoms with Crippen LogP contribution in [0.3, 0.4) is 0 Å². The van der Waals surface area contributed by atoms with E-state index in [1.165, 1.54) is 12.8 Å². The molecule has 0 atom stereocenters. The number of anilines is 1. The minimum atomic E-state index is -0.184. The van der Waals surface area contributed by atoms with Crippen molar-refractivity contribution in [3.05, 3.63) is 72.0 Å². The first kappa shape index (κ1) is 17.4. The van der Waals surface area contributed by atoms with E-state index in [1.807, 2.05) is 54.6 Å². The predicted octanol–water partition coefficient (Wildman–Crippen LogP) is 5.83. The van der Waals surface area contributed by atoms with Crippen molar-refractivity contribution in [2.24, 2.45) is 0 Å².